The number of hydrogen-bond donors (Lipinski definition) is 2. The normalized spacial score (nSPS) is 10.7. The lowest BCUT2D eigenvalue weighted by Gasteiger charge is -2.09. The number of aromatic nitrogens is 2. The lowest BCUT2D eigenvalue weighted by molar-refractivity contribution is 0.471. The van der Waals surface area contributed by atoms with Gasteiger partial charge in [0.1, 0.15) is 5.75 Å². The molecule has 1 aromatic heterocycles. The number of H-pyrrole nitrogens is 1. The van der Waals surface area contributed by atoms with Crippen LogP contribution in [0, 0.1) is 4.77 Å². The highest BCUT2D eigenvalue weighted by atomic mass is 32.1. The van der Waals surface area contributed by atoms with E-state index in [1.54, 1.807) is 36.4 Å². The Hall–Kier alpha value is -2.40. The number of phenols is 1. The highest BCUT2D eigenvalue weighted by molar-refractivity contribution is 7.71. The van der Waals surface area contributed by atoms with Crippen LogP contribution in [-0.2, 0) is 0 Å². The first kappa shape index (κ1) is 11.7. The smallest absolute Gasteiger partial charge is 0.266 e. The molecular weight excluding hydrogens is 260 g/mol. The number of benzene rings is 2. The molecule has 0 aliphatic heterocycles. The monoisotopic (exact) mass is 270 g/mol. The molecule has 19 heavy (non-hydrogen) atoms. The number of aromatic hydroxyl groups is 1. The van der Waals surface area contributed by atoms with Crippen molar-refractivity contribution in [1.82, 2.24) is 9.55 Å². The van der Waals surface area contributed by atoms with E-state index in [0.717, 1.165) is 0 Å². The van der Waals surface area contributed by atoms with Gasteiger partial charge in [0.25, 0.3) is 5.56 Å². The second kappa shape index (κ2) is 4.37. The van der Waals surface area contributed by atoms with Gasteiger partial charge in [-0.3, -0.25) is 4.79 Å². The van der Waals surface area contributed by atoms with Crippen molar-refractivity contribution in [2.45, 2.75) is 0 Å². The number of phenolic OH excluding ortho intramolecular Hbond substituents is 1. The van der Waals surface area contributed by atoms with E-state index in [1.165, 1.54) is 10.6 Å². The van der Waals surface area contributed by atoms with Crippen LogP contribution in [0.4, 0.5) is 0 Å². The predicted octanol–water partition coefficient (Wildman–Crippen LogP) is 2.75. The van der Waals surface area contributed by atoms with Crippen LogP contribution in [0.15, 0.2) is 53.3 Å². The van der Waals surface area contributed by atoms with Crippen LogP contribution in [-0.4, -0.2) is 14.7 Å². The van der Waals surface area contributed by atoms with Crippen LogP contribution in [0.2, 0.25) is 0 Å². The maximum absolute atomic E-state index is 12.5. The molecule has 0 saturated carbocycles. The van der Waals surface area contributed by atoms with E-state index in [4.69, 9.17) is 12.2 Å². The molecule has 5 heteroatoms. The summed E-state index contributed by atoms with van der Waals surface area (Å²) in [6, 6.07) is 13.7. The molecule has 3 aromatic rings. The molecule has 2 N–H and O–H groups in total. The molecule has 4 nitrogen and oxygen atoms in total. The standard InChI is InChI=1S/C14H10N2O2S/c17-12-8-4-3-7-11(12)16-13(18)9-5-1-2-6-10(9)15-14(16)19/h1-8,17H,(H,15,19). The molecule has 0 saturated heterocycles. The van der Waals surface area contributed by atoms with Gasteiger partial charge in [0.05, 0.1) is 16.6 Å². The number of fused-ring (bicyclic) bond motifs is 1. The lowest BCUT2D eigenvalue weighted by atomic mass is 10.2. The van der Waals surface area contributed by atoms with Gasteiger partial charge in [-0.25, -0.2) is 4.57 Å². The number of aromatic amines is 1. The first-order valence-electron chi connectivity index (χ1n) is 5.71. The van der Waals surface area contributed by atoms with Crippen molar-refractivity contribution in [1.29, 1.82) is 0 Å². The van der Waals surface area contributed by atoms with E-state index in [-0.39, 0.29) is 16.1 Å². The molecule has 3 rings (SSSR count). The molecule has 0 unspecified atom stereocenters. The predicted molar refractivity (Wildman–Crippen MR) is 76.4 cm³/mol. The van der Waals surface area contributed by atoms with Crippen molar-refractivity contribution >= 4 is 23.1 Å². The van der Waals surface area contributed by atoms with E-state index in [2.05, 4.69) is 4.98 Å². The van der Waals surface area contributed by atoms with Gasteiger partial charge in [0, 0.05) is 0 Å². The minimum Gasteiger partial charge on any atom is -0.506 e. The van der Waals surface area contributed by atoms with Gasteiger partial charge in [-0.2, -0.15) is 0 Å². The number of nitrogens with zero attached hydrogens (tertiary/aromatic N) is 1. The van der Waals surface area contributed by atoms with Crippen LogP contribution >= 0.6 is 12.2 Å². The van der Waals surface area contributed by atoms with Gasteiger partial charge < -0.3 is 10.1 Å². The highest BCUT2D eigenvalue weighted by Crippen LogP contribution is 2.20. The van der Waals surface area contributed by atoms with E-state index >= 15 is 0 Å². The Bertz CT molecular complexity index is 880. The summed E-state index contributed by atoms with van der Waals surface area (Å²) in [5, 5.41) is 10.4. The van der Waals surface area contributed by atoms with Crippen molar-refractivity contribution in [3.8, 4) is 11.4 Å². The molecule has 94 valence electrons. The molecule has 0 aliphatic carbocycles. The summed E-state index contributed by atoms with van der Waals surface area (Å²) in [7, 11) is 0. The molecule has 0 fully saturated rings. The summed E-state index contributed by atoms with van der Waals surface area (Å²) in [4.78, 5) is 15.5. The largest absolute Gasteiger partial charge is 0.506 e. The fraction of sp³-hybridized carbons (Fsp3) is 0. The summed E-state index contributed by atoms with van der Waals surface area (Å²) >= 11 is 5.20. The average molecular weight is 270 g/mol. The van der Waals surface area contributed by atoms with Crippen molar-refractivity contribution in [3.63, 3.8) is 0 Å². The van der Waals surface area contributed by atoms with E-state index in [0.29, 0.717) is 16.6 Å². The minimum atomic E-state index is -0.249. The quantitative estimate of drug-likeness (QED) is 0.668. The molecule has 0 amide bonds. The number of hydrogen-bond acceptors (Lipinski definition) is 3. The Morgan fingerprint density at radius 2 is 1.74 bits per heavy atom. The number of para-hydroxylation sites is 3. The summed E-state index contributed by atoms with van der Waals surface area (Å²) in [6.07, 6.45) is 0. The molecule has 1 heterocycles. The molecule has 2 aromatic carbocycles. The first-order chi connectivity index (χ1) is 9.18. The third kappa shape index (κ3) is 1.84. The Balaban J connectivity index is 2.47. The lowest BCUT2D eigenvalue weighted by Crippen LogP contribution is -2.20. The summed E-state index contributed by atoms with van der Waals surface area (Å²) < 4.78 is 1.55. The second-order valence-electron chi connectivity index (χ2n) is 4.11. The minimum absolute atomic E-state index is 0.0133. The fourth-order valence-corrected chi connectivity index (χ4v) is 2.33. The van der Waals surface area contributed by atoms with Crippen LogP contribution in [0.25, 0.3) is 16.6 Å². The summed E-state index contributed by atoms with van der Waals surface area (Å²) in [6.45, 7) is 0. The third-order valence-corrected chi connectivity index (χ3v) is 3.21. The summed E-state index contributed by atoms with van der Waals surface area (Å²) in [5.41, 5.74) is 0.810. The van der Waals surface area contributed by atoms with Gasteiger partial charge in [0.15, 0.2) is 4.77 Å². The van der Waals surface area contributed by atoms with Crippen molar-refractivity contribution in [2.24, 2.45) is 0 Å². The molecule has 0 radical (unpaired) electrons. The Morgan fingerprint density at radius 3 is 2.53 bits per heavy atom. The summed E-state index contributed by atoms with van der Waals surface area (Å²) in [5.74, 6) is 0.0133. The molecular formula is C14H10N2O2S. The van der Waals surface area contributed by atoms with Crippen LogP contribution < -0.4 is 5.56 Å². The molecule has 0 atom stereocenters. The van der Waals surface area contributed by atoms with Gasteiger partial charge in [-0.05, 0) is 36.5 Å². The average Bonchev–Trinajstić information content (AvgIpc) is 2.41. The van der Waals surface area contributed by atoms with Crippen molar-refractivity contribution in [2.75, 3.05) is 0 Å². The van der Waals surface area contributed by atoms with Crippen molar-refractivity contribution in [3.05, 3.63) is 63.7 Å². The van der Waals surface area contributed by atoms with Crippen molar-refractivity contribution < 1.29 is 5.11 Å². The Kier molecular flexibility index (Phi) is 2.68. The van der Waals surface area contributed by atoms with Crippen LogP contribution in [0.3, 0.4) is 0 Å². The topological polar surface area (TPSA) is 58.0 Å². The Labute approximate surface area is 113 Å². The second-order valence-corrected chi connectivity index (χ2v) is 4.49. The zero-order chi connectivity index (χ0) is 13.4. The maximum Gasteiger partial charge on any atom is 0.266 e. The fourth-order valence-electron chi connectivity index (χ4n) is 2.03. The third-order valence-electron chi connectivity index (χ3n) is 2.93. The molecule has 0 aliphatic rings. The molecule has 0 bridgehead atoms. The number of rotatable bonds is 1. The van der Waals surface area contributed by atoms with Crippen LogP contribution in [0.5, 0.6) is 5.75 Å². The van der Waals surface area contributed by atoms with Gasteiger partial charge >= 0.3 is 0 Å². The zero-order valence-corrected chi connectivity index (χ0v) is 10.6. The van der Waals surface area contributed by atoms with E-state index in [1.807, 2.05) is 6.07 Å². The number of nitrogens with one attached hydrogen (secondary N) is 1. The first-order valence-corrected chi connectivity index (χ1v) is 6.12. The highest BCUT2D eigenvalue weighted by Gasteiger charge is 2.09. The Morgan fingerprint density at radius 1 is 1.05 bits per heavy atom. The molecule has 0 spiro atoms. The van der Waals surface area contributed by atoms with E-state index in [9.17, 15) is 9.90 Å². The van der Waals surface area contributed by atoms with Gasteiger partial charge in [0.2, 0.25) is 0 Å². The zero-order valence-electron chi connectivity index (χ0n) is 9.83. The van der Waals surface area contributed by atoms with E-state index < -0.39 is 0 Å². The maximum atomic E-state index is 12.5. The SMILES string of the molecule is O=c1c2ccccc2[nH]c(=S)n1-c1ccccc1O. The van der Waals surface area contributed by atoms with Crippen LogP contribution in [0.1, 0.15) is 0 Å². The van der Waals surface area contributed by atoms with Gasteiger partial charge in [-0.15, -0.1) is 0 Å². The van der Waals surface area contributed by atoms with Gasteiger partial charge in [-0.1, -0.05) is 24.3 Å².